The fourth-order valence-electron chi connectivity index (χ4n) is 7.12. The van der Waals surface area contributed by atoms with Crippen molar-refractivity contribution < 1.29 is 4.79 Å². The van der Waals surface area contributed by atoms with Gasteiger partial charge in [-0.3, -0.25) is 14.5 Å². The molecular formula is C35H35ClN6O2. The van der Waals surface area contributed by atoms with Crippen LogP contribution in [0.1, 0.15) is 43.7 Å². The number of hydrogen-bond acceptors (Lipinski definition) is 5. The van der Waals surface area contributed by atoms with Crippen LogP contribution >= 0.6 is 11.6 Å². The van der Waals surface area contributed by atoms with Crippen molar-refractivity contribution >= 4 is 45.1 Å². The van der Waals surface area contributed by atoms with Gasteiger partial charge in [0.15, 0.2) is 0 Å². The third kappa shape index (κ3) is 4.51. The van der Waals surface area contributed by atoms with Gasteiger partial charge in [0.25, 0.3) is 0 Å². The van der Waals surface area contributed by atoms with Gasteiger partial charge in [-0.05, 0) is 72.7 Å². The van der Waals surface area contributed by atoms with Crippen molar-refractivity contribution in [3.05, 3.63) is 94.0 Å². The van der Waals surface area contributed by atoms with Crippen LogP contribution in [0.2, 0.25) is 5.02 Å². The zero-order valence-corrected chi connectivity index (χ0v) is 26.0. The Labute approximate surface area is 261 Å². The molecule has 0 radical (unpaired) electrons. The maximum atomic E-state index is 14.1. The minimum atomic E-state index is -0.321. The summed E-state index contributed by atoms with van der Waals surface area (Å²) in [6.45, 7) is 13.0. The third-order valence-electron chi connectivity index (χ3n) is 9.52. The molecular weight excluding hydrogens is 572 g/mol. The van der Waals surface area contributed by atoms with E-state index in [0.717, 1.165) is 88.8 Å². The molecule has 2 aliphatic heterocycles. The van der Waals surface area contributed by atoms with E-state index in [2.05, 4.69) is 54.6 Å². The molecule has 4 heterocycles. The molecule has 3 aromatic carbocycles. The Morgan fingerprint density at radius 2 is 1.84 bits per heavy atom. The number of aryl methyl sites for hydroxylation is 1. The second-order valence-electron chi connectivity index (χ2n) is 12.6. The van der Waals surface area contributed by atoms with Crippen molar-refractivity contribution in [3.8, 4) is 16.8 Å². The average Bonchev–Trinajstić information content (AvgIpc) is 3.48. The number of aromatic nitrogens is 4. The Kier molecular flexibility index (Phi) is 6.85. The number of benzene rings is 3. The van der Waals surface area contributed by atoms with Crippen molar-refractivity contribution in [2.24, 2.45) is 5.41 Å². The summed E-state index contributed by atoms with van der Waals surface area (Å²) in [5.74, 6) is 0.848. The molecule has 44 heavy (non-hydrogen) atoms. The van der Waals surface area contributed by atoms with Crippen LogP contribution < -0.4 is 10.6 Å². The molecule has 9 heteroatoms. The molecule has 7 rings (SSSR count). The second-order valence-corrected chi connectivity index (χ2v) is 13.0. The van der Waals surface area contributed by atoms with Crippen molar-refractivity contribution in [1.29, 1.82) is 0 Å². The number of hydrogen-bond donors (Lipinski definition) is 1. The molecule has 0 aliphatic carbocycles. The monoisotopic (exact) mass is 606 g/mol. The topological polar surface area (TPSA) is 87.1 Å². The molecule has 1 spiro atoms. The van der Waals surface area contributed by atoms with Crippen LogP contribution in [0.4, 0.5) is 5.82 Å². The summed E-state index contributed by atoms with van der Waals surface area (Å²) >= 11 is 7.13. The molecule has 5 aromatic rings. The van der Waals surface area contributed by atoms with E-state index in [0.29, 0.717) is 10.8 Å². The molecule has 2 fully saturated rings. The smallest absolute Gasteiger partial charge is 0.354 e. The van der Waals surface area contributed by atoms with E-state index in [4.69, 9.17) is 16.6 Å². The first-order valence-corrected chi connectivity index (χ1v) is 15.5. The van der Waals surface area contributed by atoms with Gasteiger partial charge in [-0.15, -0.1) is 0 Å². The zero-order chi connectivity index (χ0) is 30.7. The highest BCUT2D eigenvalue weighted by atomic mass is 35.5. The van der Waals surface area contributed by atoms with Gasteiger partial charge in [0.05, 0.1) is 22.9 Å². The molecule has 0 unspecified atom stereocenters. The number of amides is 1. The number of aromatic amines is 1. The Morgan fingerprint density at radius 3 is 2.57 bits per heavy atom. The predicted molar refractivity (Wildman–Crippen MR) is 177 cm³/mol. The lowest BCUT2D eigenvalue weighted by Gasteiger charge is -2.54. The van der Waals surface area contributed by atoms with Crippen LogP contribution in [0.5, 0.6) is 0 Å². The fraction of sp³-hybridized carbons (Fsp3) is 0.314. The Balaban J connectivity index is 1.40. The molecule has 0 atom stereocenters. The maximum absolute atomic E-state index is 14.1. The van der Waals surface area contributed by atoms with Crippen molar-refractivity contribution in [3.63, 3.8) is 0 Å². The average molecular weight is 607 g/mol. The number of piperidine rings is 1. The number of halogens is 1. The number of anilines is 1. The van der Waals surface area contributed by atoms with E-state index in [-0.39, 0.29) is 22.9 Å². The number of nitrogens with zero attached hydrogens (tertiary/aromatic N) is 5. The normalized spacial score (nSPS) is 16.2. The number of nitrogens with one attached hydrogen (secondary N) is 1. The Morgan fingerprint density at radius 1 is 1.09 bits per heavy atom. The lowest BCUT2D eigenvalue weighted by Crippen LogP contribution is -2.61. The zero-order valence-electron chi connectivity index (χ0n) is 25.2. The van der Waals surface area contributed by atoms with Crippen LogP contribution in [0, 0.1) is 12.3 Å². The summed E-state index contributed by atoms with van der Waals surface area (Å²) < 4.78 is 1.75. The number of para-hydroxylation sites is 1. The quantitative estimate of drug-likeness (QED) is 0.227. The van der Waals surface area contributed by atoms with E-state index in [1.54, 1.807) is 4.57 Å². The van der Waals surface area contributed by atoms with E-state index in [9.17, 15) is 9.59 Å². The molecule has 224 valence electrons. The molecule has 1 amide bonds. The molecule has 2 saturated heterocycles. The highest BCUT2D eigenvalue weighted by molar-refractivity contribution is 6.35. The summed E-state index contributed by atoms with van der Waals surface area (Å²) in [7, 11) is 0. The van der Waals surface area contributed by atoms with Gasteiger partial charge in [-0.1, -0.05) is 56.3 Å². The number of H-pyrrole nitrogens is 1. The largest absolute Gasteiger partial charge is 0.356 e. The van der Waals surface area contributed by atoms with E-state index in [1.807, 2.05) is 47.5 Å². The van der Waals surface area contributed by atoms with E-state index < -0.39 is 0 Å². The van der Waals surface area contributed by atoms with E-state index >= 15 is 0 Å². The lowest BCUT2D eigenvalue weighted by atomic mass is 9.72. The highest BCUT2D eigenvalue weighted by Crippen LogP contribution is 2.44. The highest BCUT2D eigenvalue weighted by Gasteiger charge is 2.46. The van der Waals surface area contributed by atoms with Crippen molar-refractivity contribution in [1.82, 2.24) is 24.6 Å². The predicted octanol–water partition coefficient (Wildman–Crippen LogP) is 6.63. The minimum Gasteiger partial charge on any atom is -0.356 e. The number of carbonyl (C=O) groups is 1. The minimum absolute atomic E-state index is 0.0113. The standard InChI is InChI=1S/C35H35ClN6O2/c1-5-31(43)41-19-35(20-41)12-14-40(15-13-35)33-25-16-27(36)24(32-22(4)10-11-28-26(32)18-37-39-28)17-30(25)42(34(44)38-33)29-9-7-6-8-23(29)21(2)3/h5-11,16-18,21H,1,12-15,19-20H2,2-4H3,(H,37,39). The van der Waals surface area contributed by atoms with Gasteiger partial charge >= 0.3 is 5.69 Å². The van der Waals surface area contributed by atoms with E-state index in [1.165, 1.54) is 6.08 Å². The maximum Gasteiger partial charge on any atom is 0.354 e. The number of rotatable bonds is 5. The molecule has 1 N–H and O–H groups in total. The number of likely N-dealkylation sites (tertiary alicyclic amines) is 1. The number of carbonyl (C=O) groups excluding carboxylic acids is 1. The van der Waals surface area contributed by atoms with Gasteiger partial charge in [-0.2, -0.15) is 10.1 Å². The van der Waals surface area contributed by atoms with Crippen LogP contribution in [-0.4, -0.2) is 56.7 Å². The lowest BCUT2D eigenvalue weighted by molar-refractivity contribution is -0.139. The first-order chi connectivity index (χ1) is 21.2. The van der Waals surface area contributed by atoms with Crippen LogP contribution in [0.25, 0.3) is 38.6 Å². The van der Waals surface area contributed by atoms with Crippen molar-refractivity contribution in [2.45, 2.75) is 39.5 Å². The molecule has 8 nitrogen and oxygen atoms in total. The van der Waals surface area contributed by atoms with Gasteiger partial charge in [0.2, 0.25) is 5.91 Å². The summed E-state index contributed by atoms with van der Waals surface area (Å²) in [5, 5.41) is 9.75. The second kappa shape index (κ2) is 10.6. The fourth-order valence-corrected chi connectivity index (χ4v) is 7.37. The van der Waals surface area contributed by atoms with Crippen LogP contribution in [0.3, 0.4) is 0 Å². The van der Waals surface area contributed by atoms with Gasteiger partial charge in [0, 0.05) is 53.0 Å². The Hall–Kier alpha value is -4.43. The SMILES string of the molecule is C=CC(=O)N1CC2(CCN(c3nc(=O)n(-c4ccccc4C(C)C)c4cc(-c5c(C)ccc6[nH]ncc56)c(Cl)cc34)CC2)C1. The molecule has 0 bridgehead atoms. The summed E-state index contributed by atoms with van der Waals surface area (Å²) in [5.41, 5.74) is 6.26. The van der Waals surface area contributed by atoms with Crippen LogP contribution in [-0.2, 0) is 4.79 Å². The van der Waals surface area contributed by atoms with Crippen molar-refractivity contribution in [2.75, 3.05) is 31.1 Å². The summed E-state index contributed by atoms with van der Waals surface area (Å²) in [4.78, 5) is 35.0. The summed E-state index contributed by atoms with van der Waals surface area (Å²) in [6, 6.07) is 16.1. The summed E-state index contributed by atoms with van der Waals surface area (Å²) in [6.07, 6.45) is 5.05. The van der Waals surface area contributed by atoms with Gasteiger partial charge in [-0.25, -0.2) is 4.79 Å². The molecule has 2 aliphatic rings. The number of fused-ring (bicyclic) bond motifs is 2. The first kappa shape index (κ1) is 28.3. The molecule has 0 saturated carbocycles. The third-order valence-corrected chi connectivity index (χ3v) is 9.84. The Bertz CT molecular complexity index is 2010. The van der Waals surface area contributed by atoms with Crippen LogP contribution in [0.15, 0.2) is 72.2 Å². The first-order valence-electron chi connectivity index (χ1n) is 15.1. The van der Waals surface area contributed by atoms with Gasteiger partial charge in [0.1, 0.15) is 5.82 Å². The van der Waals surface area contributed by atoms with Gasteiger partial charge < -0.3 is 9.80 Å². The molecule has 2 aromatic heterocycles.